The molecular weight excluding hydrogens is 631 g/mol. The number of amides is 1. The third kappa shape index (κ3) is 7.49. The van der Waals surface area contributed by atoms with Crippen LogP contribution in [0.15, 0.2) is 71.9 Å². The number of likely N-dealkylation sites (N-methyl/N-ethyl adjacent to an activating group) is 1. The zero-order valence-electron chi connectivity index (χ0n) is 28.7. The van der Waals surface area contributed by atoms with E-state index in [9.17, 15) is 19.4 Å². The van der Waals surface area contributed by atoms with Gasteiger partial charge in [-0.05, 0) is 67.4 Å². The molecule has 0 unspecified atom stereocenters. The van der Waals surface area contributed by atoms with Crippen molar-refractivity contribution >= 4 is 11.8 Å². The Morgan fingerprint density at radius 1 is 1.12 bits per heavy atom. The first-order chi connectivity index (χ1) is 23.8. The van der Waals surface area contributed by atoms with E-state index < -0.39 is 23.8 Å². The number of benzene rings is 2. The van der Waals surface area contributed by atoms with E-state index in [-0.39, 0.29) is 56.4 Å². The predicted octanol–water partition coefficient (Wildman–Crippen LogP) is 6.37. The lowest BCUT2D eigenvalue weighted by molar-refractivity contribution is -0.253. The summed E-state index contributed by atoms with van der Waals surface area (Å²) >= 11 is 0. The van der Waals surface area contributed by atoms with Crippen molar-refractivity contribution in [2.45, 2.75) is 69.3 Å². The summed E-state index contributed by atoms with van der Waals surface area (Å²) in [5.41, 5.74) is 2.99. The highest BCUT2D eigenvalue weighted by atomic mass is 19.1. The maximum Gasteiger partial charge on any atom is 0.409 e. The number of nitrogens with zero attached hydrogens (tertiary/aromatic N) is 2. The molecule has 1 fully saturated rings. The van der Waals surface area contributed by atoms with Gasteiger partial charge >= 0.3 is 6.09 Å². The number of hydrogen-bond acceptors (Lipinski definition) is 9. The van der Waals surface area contributed by atoms with E-state index in [1.807, 2.05) is 12.1 Å². The summed E-state index contributed by atoms with van der Waals surface area (Å²) < 4.78 is 39.6. The highest BCUT2D eigenvalue weighted by Gasteiger charge is 2.65. The minimum Gasteiger partial charge on any atom is -0.489 e. The number of fused-ring (bicyclic) bond motifs is 2. The number of allylic oxidation sites excluding steroid dienone is 1. The van der Waals surface area contributed by atoms with E-state index in [0.29, 0.717) is 35.6 Å². The third-order valence-corrected chi connectivity index (χ3v) is 10.1. The molecule has 2 N–H and O–H groups in total. The van der Waals surface area contributed by atoms with Gasteiger partial charge in [-0.25, -0.2) is 9.18 Å². The van der Waals surface area contributed by atoms with Gasteiger partial charge in [0.05, 0.1) is 25.3 Å². The monoisotopic (exact) mass is 680 g/mol. The van der Waals surface area contributed by atoms with Crippen molar-refractivity contribution in [2.75, 3.05) is 41.1 Å². The van der Waals surface area contributed by atoms with Gasteiger partial charge in [0, 0.05) is 43.7 Å². The molecule has 49 heavy (non-hydrogen) atoms. The minimum atomic E-state index is -1.35. The van der Waals surface area contributed by atoms with E-state index in [1.54, 1.807) is 37.4 Å². The van der Waals surface area contributed by atoms with Gasteiger partial charge in [-0.3, -0.25) is 0 Å². The predicted molar refractivity (Wildman–Crippen MR) is 183 cm³/mol. The summed E-state index contributed by atoms with van der Waals surface area (Å²) in [5, 5.41) is 23.9. The van der Waals surface area contributed by atoms with Crippen LogP contribution in [0.1, 0.15) is 62.0 Å². The Labute approximate surface area is 288 Å². The van der Waals surface area contributed by atoms with Gasteiger partial charge in [-0.15, -0.1) is 6.58 Å². The van der Waals surface area contributed by atoms with Crippen molar-refractivity contribution in [1.29, 1.82) is 0 Å². The minimum absolute atomic E-state index is 0.0539. The highest BCUT2D eigenvalue weighted by Crippen LogP contribution is 2.61. The quantitative estimate of drug-likeness (QED) is 0.119. The van der Waals surface area contributed by atoms with E-state index in [1.165, 1.54) is 25.2 Å². The van der Waals surface area contributed by atoms with Crippen molar-refractivity contribution in [2.24, 2.45) is 22.9 Å². The number of oxime groups is 1. The van der Waals surface area contributed by atoms with Gasteiger partial charge < -0.3 is 38.9 Å². The standard InChI is InChI=1S/C38H49FN2O8/c1-5-20-48-38-34(41(2)37(44)45-3)23-32(40-46-4)29-21-25(12-8-10-18-42)28(14-9-11-19-43)35(36(29)38)30-22-27(16-17-33(30)49-38)47-24-26-13-6-7-15-31(26)39/h5-7,13,15-17,21-22,25,28,34-36,42-43H,1,8-12,14,18-20,23-24H2,2-4H3/t25-,28+,34-,35+,36+,38+/m0/s1. The van der Waals surface area contributed by atoms with Crippen molar-refractivity contribution in [3.05, 3.63) is 83.7 Å². The van der Waals surface area contributed by atoms with Gasteiger partial charge in [0.1, 0.15) is 37.1 Å². The zero-order chi connectivity index (χ0) is 35.0. The largest absolute Gasteiger partial charge is 0.489 e. The molecule has 11 heteroatoms. The molecule has 5 rings (SSSR count). The molecular formula is C38H49FN2O8. The summed E-state index contributed by atoms with van der Waals surface area (Å²) in [6.45, 7) is 4.33. The number of aliphatic hydroxyl groups excluding tert-OH is 2. The molecule has 0 saturated heterocycles. The topological polar surface area (TPSA) is 119 Å². The van der Waals surface area contributed by atoms with E-state index in [0.717, 1.165) is 36.8 Å². The Kier molecular flexibility index (Phi) is 12.4. The van der Waals surface area contributed by atoms with Crippen molar-refractivity contribution in [3.63, 3.8) is 0 Å². The lowest BCUT2D eigenvalue weighted by atomic mass is 9.55. The van der Waals surface area contributed by atoms with E-state index in [2.05, 4.69) is 17.8 Å². The Hall–Kier alpha value is -3.93. The van der Waals surface area contributed by atoms with Crippen LogP contribution in [0.4, 0.5) is 9.18 Å². The Morgan fingerprint density at radius 2 is 1.88 bits per heavy atom. The molecule has 10 nitrogen and oxygen atoms in total. The van der Waals surface area contributed by atoms with Crippen LogP contribution in [0.5, 0.6) is 11.5 Å². The number of carbonyl (C=O) groups is 1. The molecule has 0 bridgehead atoms. The van der Waals surface area contributed by atoms with Gasteiger partial charge in [0.25, 0.3) is 0 Å². The van der Waals surface area contributed by atoms with Crippen molar-refractivity contribution in [1.82, 2.24) is 4.90 Å². The van der Waals surface area contributed by atoms with E-state index in [4.69, 9.17) is 23.8 Å². The highest BCUT2D eigenvalue weighted by molar-refractivity contribution is 6.02. The Bertz CT molecular complexity index is 1510. The second kappa shape index (κ2) is 16.7. The fourth-order valence-electron chi connectivity index (χ4n) is 7.98. The first kappa shape index (κ1) is 36.4. The molecule has 1 amide bonds. The fraction of sp³-hybridized carbons (Fsp3) is 0.526. The third-order valence-electron chi connectivity index (χ3n) is 10.1. The number of carbonyl (C=O) groups excluding carboxylic acids is 1. The molecule has 2 aromatic carbocycles. The van der Waals surface area contributed by atoms with Gasteiger partial charge in [0.15, 0.2) is 0 Å². The SMILES string of the molecule is C=CCO[C@@]12Oc3ccc(OCc4ccccc4F)cc3[C@H]3[C@H](CCCCO)[C@@H](CCCCO)C=C(C(=NOC)C[C@@H]1N(C)C(=O)OC)[C@H]32. The second-order valence-electron chi connectivity index (χ2n) is 12.9. The van der Waals surface area contributed by atoms with Gasteiger partial charge in [0.2, 0.25) is 5.79 Å². The summed E-state index contributed by atoms with van der Waals surface area (Å²) in [6, 6.07) is 11.5. The number of hydrogen-bond donors (Lipinski definition) is 2. The molecule has 6 atom stereocenters. The number of methoxy groups -OCH3 is 1. The number of rotatable bonds is 16. The molecule has 0 aromatic heterocycles. The van der Waals surface area contributed by atoms with Gasteiger partial charge in [-0.1, -0.05) is 48.3 Å². The molecule has 2 aromatic rings. The lowest BCUT2D eigenvalue weighted by Crippen LogP contribution is -2.69. The molecule has 1 aliphatic heterocycles. The number of ether oxygens (including phenoxy) is 4. The number of halogens is 1. The van der Waals surface area contributed by atoms with E-state index >= 15 is 0 Å². The van der Waals surface area contributed by atoms with Crippen LogP contribution in [-0.2, 0) is 20.9 Å². The van der Waals surface area contributed by atoms with Crippen LogP contribution < -0.4 is 9.47 Å². The summed E-state index contributed by atoms with van der Waals surface area (Å²) in [7, 11) is 4.51. The van der Waals surface area contributed by atoms with Crippen molar-refractivity contribution in [3.8, 4) is 11.5 Å². The maximum absolute atomic E-state index is 14.5. The summed E-state index contributed by atoms with van der Waals surface area (Å²) in [4.78, 5) is 20.1. The van der Waals surface area contributed by atoms with Gasteiger partial charge in [-0.2, -0.15) is 0 Å². The number of unbranched alkanes of at least 4 members (excludes halogenated alkanes) is 2. The fourth-order valence-corrected chi connectivity index (χ4v) is 7.98. The van der Waals surface area contributed by atoms with Crippen LogP contribution in [0.3, 0.4) is 0 Å². The van der Waals surface area contributed by atoms with Crippen LogP contribution in [-0.4, -0.2) is 79.8 Å². The molecule has 2 aliphatic carbocycles. The van der Waals surface area contributed by atoms with Crippen molar-refractivity contribution < 1.29 is 43.2 Å². The average molecular weight is 681 g/mol. The molecule has 0 spiro atoms. The molecule has 266 valence electrons. The molecule has 0 radical (unpaired) electrons. The second-order valence-corrected chi connectivity index (χ2v) is 12.9. The van der Waals surface area contributed by atoms with Crippen LogP contribution in [0.2, 0.25) is 0 Å². The molecule has 1 heterocycles. The lowest BCUT2D eigenvalue weighted by Gasteiger charge is -2.59. The Morgan fingerprint density at radius 3 is 2.57 bits per heavy atom. The molecule has 3 aliphatic rings. The van der Waals surface area contributed by atoms with Crippen LogP contribution >= 0.6 is 0 Å². The summed E-state index contributed by atoms with van der Waals surface area (Å²) in [6.07, 6.45) is 8.29. The van der Waals surface area contributed by atoms with Crippen LogP contribution in [0.25, 0.3) is 0 Å². The zero-order valence-corrected chi connectivity index (χ0v) is 28.7. The van der Waals surface area contributed by atoms with Crippen LogP contribution in [0, 0.1) is 23.6 Å². The normalized spacial score (nSPS) is 26.1. The Balaban J connectivity index is 1.71. The maximum atomic E-state index is 14.5. The first-order valence-electron chi connectivity index (χ1n) is 17.1. The first-order valence-corrected chi connectivity index (χ1v) is 17.1. The molecule has 1 saturated carbocycles. The number of aliphatic hydroxyl groups is 2. The smallest absolute Gasteiger partial charge is 0.409 e. The average Bonchev–Trinajstić information content (AvgIpc) is 3.11. The summed E-state index contributed by atoms with van der Waals surface area (Å²) in [5.74, 6) is -0.982.